The number of hydrogen-bond donors (Lipinski definition) is 1. The van der Waals surface area contributed by atoms with E-state index in [9.17, 15) is 0 Å². The smallest absolute Gasteiger partial charge is 0.119 e. The molecule has 1 aromatic rings. The van der Waals surface area contributed by atoms with E-state index in [0.717, 1.165) is 12.2 Å². The third-order valence-corrected chi connectivity index (χ3v) is 2.25. The van der Waals surface area contributed by atoms with Crippen molar-refractivity contribution < 1.29 is 4.74 Å². The summed E-state index contributed by atoms with van der Waals surface area (Å²) < 4.78 is 5.17. The lowest BCUT2D eigenvalue weighted by molar-refractivity contribution is 0.413. The standard InChI is InChI=1S/C11H17NO/c1-4-11(12-2)9-6-5-7-10(8-9)13-3/h5-8,11-12H,4H2,1-3H3/t11-/m0/s1. The number of hydrogen-bond acceptors (Lipinski definition) is 2. The molecule has 2 heteroatoms. The molecule has 13 heavy (non-hydrogen) atoms. The summed E-state index contributed by atoms with van der Waals surface area (Å²) in [5, 5.41) is 3.26. The minimum Gasteiger partial charge on any atom is -0.497 e. The lowest BCUT2D eigenvalue weighted by Gasteiger charge is -2.14. The summed E-state index contributed by atoms with van der Waals surface area (Å²) in [5.41, 5.74) is 1.28. The van der Waals surface area contributed by atoms with E-state index >= 15 is 0 Å². The molecule has 1 aromatic carbocycles. The van der Waals surface area contributed by atoms with E-state index in [4.69, 9.17) is 4.74 Å². The molecule has 0 aliphatic carbocycles. The van der Waals surface area contributed by atoms with Crippen molar-refractivity contribution in [2.45, 2.75) is 19.4 Å². The maximum Gasteiger partial charge on any atom is 0.119 e. The molecule has 0 amide bonds. The summed E-state index contributed by atoms with van der Waals surface area (Å²) in [6.45, 7) is 2.17. The average Bonchev–Trinajstić information content (AvgIpc) is 2.20. The van der Waals surface area contributed by atoms with Crippen LogP contribution in [-0.4, -0.2) is 14.2 Å². The second-order valence-corrected chi connectivity index (χ2v) is 3.03. The number of methoxy groups -OCH3 is 1. The molecular weight excluding hydrogens is 162 g/mol. The normalized spacial score (nSPS) is 12.5. The highest BCUT2D eigenvalue weighted by Crippen LogP contribution is 2.20. The zero-order valence-corrected chi connectivity index (χ0v) is 8.50. The second-order valence-electron chi connectivity index (χ2n) is 3.03. The van der Waals surface area contributed by atoms with Gasteiger partial charge in [0.05, 0.1) is 7.11 Å². The molecule has 0 saturated heterocycles. The maximum atomic E-state index is 5.17. The maximum absolute atomic E-state index is 5.17. The first-order chi connectivity index (χ1) is 6.31. The largest absolute Gasteiger partial charge is 0.497 e. The number of benzene rings is 1. The van der Waals surface area contributed by atoms with E-state index < -0.39 is 0 Å². The predicted octanol–water partition coefficient (Wildman–Crippen LogP) is 2.37. The van der Waals surface area contributed by atoms with Crippen LogP contribution in [-0.2, 0) is 0 Å². The van der Waals surface area contributed by atoms with Crippen molar-refractivity contribution in [2.24, 2.45) is 0 Å². The Morgan fingerprint density at radius 2 is 2.23 bits per heavy atom. The van der Waals surface area contributed by atoms with Gasteiger partial charge in [-0.25, -0.2) is 0 Å². The van der Waals surface area contributed by atoms with E-state index in [0.29, 0.717) is 6.04 Å². The van der Waals surface area contributed by atoms with E-state index in [-0.39, 0.29) is 0 Å². The zero-order valence-electron chi connectivity index (χ0n) is 8.50. The Hall–Kier alpha value is -1.02. The number of ether oxygens (including phenoxy) is 1. The van der Waals surface area contributed by atoms with Crippen molar-refractivity contribution >= 4 is 0 Å². The van der Waals surface area contributed by atoms with Crippen molar-refractivity contribution in [3.63, 3.8) is 0 Å². The molecule has 0 heterocycles. The van der Waals surface area contributed by atoms with E-state index in [1.54, 1.807) is 7.11 Å². The van der Waals surface area contributed by atoms with Gasteiger partial charge in [0.15, 0.2) is 0 Å². The van der Waals surface area contributed by atoms with Gasteiger partial charge in [-0.3, -0.25) is 0 Å². The van der Waals surface area contributed by atoms with Crippen molar-refractivity contribution in [1.82, 2.24) is 5.32 Å². The molecular formula is C11H17NO. The lowest BCUT2D eigenvalue weighted by Crippen LogP contribution is -2.14. The van der Waals surface area contributed by atoms with Crippen molar-refractivity contribution in [1.29, 1.82) is 0 Å². The number of rotatable bonds is 4. The summed E-state index contributed by atoms with van der Waals surface area (Å²) >= 11 is 0. The van der Waals surface area contributed by atoms with Gasteiger partial charge in [-0.05, 0) is 31.2 Å². The van der Waals surface area contributed by atoms with Crippen LogP contribution in [0.1, 0.15) is 24.9 Å². The summed E-state index contributed by atoms with van der Waals surface area (Å²) in [4.78, 5) is 0. The van der Waals surface area contributed by atoms with Crippen LogP contribution in [0.4, 0.5) is 0 Å². The molecule has 1 atom stereocenters. The predicted molar refractivity (Wildman–Crippen MR) is 55.1 cm³/mol. The molecule has 0 radical (unpaired) electrons. The fraction of sp³-hybridized carbons (Fsp3) is 0.455. The van der Waals surface area contributed by atoms with Gasteiger partial charge in [0.2, 0.25) is 0 Å². The minimum atomic E-state index is 0.426. The first-order valence-corrected chi connectivity index (χ1v) is 4.63. The van der Waals surface area contributed by atoms with Crippen LogP contribution in [0.15, 0.2) is 24.3 Å². The van der Waals surface area contributed by atoms with E-state index in [1.807, 2.05) is 19.2 Å². The third-order valence-electron chi connectivity index (χ3n) is 2.25. The Morgan fingerprint density at radius 1 is 1.46 bits per heavy atom. The first kappa shape index (κ1) is 10.1. The summed E-state index contributed by atoms with van der Waals surface area (Å²) in [6.07, 6.45) is 1.09. The van der Waals surface area contributed by atoms with Gasteiger partial charge in [0, 0.05) is 6.04 Å². The van der Waals surface area contributed by atoms with Crippen molar-refractivity contribution in [3.8, 4) is 5.75 Å². The van der Waals surface area contributed by atoms with Gasteiger partial charge >= 0.3 is 0 Å². The van der Waals surface area contributed by atoms with Crippen LogP contribution in [0, 0.1) is 0 Å². The quantitative estimate of drug-likeness (QED) is 0.766. The highest BCUT2D eigenvalue weighted by atomic mass is 16.5. The second kappa shape index (κ2) is 4.87. The Morgan fingerprint density at radius 3 is 2.77 bits per heavy atom. The molecule has 0 aromatic heterocycles. The van der Waals surface area contributed by atoms with Crippen molar-refractivity contribution in [2.75, 3.05) is 14.2 Å². The molecule has 0 fully saturated rings. The van der Waals surface area contributed by atoms with Crippen LogP contribution >= 0.6 is 0 Å². The molecule has 0 aliphatic rings. The molecule has 0 bridgehead atoms. The number of nitrogens with one attached hydrogen (secondary N) is 1. The lowest BCUT2D eigenvalue weighted by atomic mass is 10.0. The monoisotopic (exact) mass is 179 g/mol. The van der Waals surface area contributed by atoms with Crippen molar-refractivity contribution in [3.05, 3.63) is 29.8 Å². The van der Waals surface area contributed by atoms with Crippen LogP contribution in [0.25, 0.3) is 0 Å². The van der Waals surface area contributed by atoms with Gasteiger partial charge < -0.3 is 10.1 Å². The minimum absolute atomic E-state index is 0.426. The fourth-order valence-corrected chi connectivity index (χ4v) is 1.46. The summed E-state index contributed by atoms with van der Waals surface area (Å²) in [6, 6.07) is 8.60. The molecule has 1 N–H and O–H groups in total. The summed E-state index contributed by atoms with van der Waals surface area (Å²) in [7, 11) is 3.67. The Labute approximate surface area is 79.9 Å². The fourth-order valence-electron chi connectivity index (χ4n) is 1.46. The molecule has 0 aliphatic heterocycles. The van der Waals surface area contributed by atoms with Gasteiger partial charge in [-0.2, -0.15) is 0 Å². The van der Waals surface area contributed by atoms with Gasteiger partial charge in [0.25, 0.3) is 0 Å². The first-order valence-electron chi connectivity index (χ1n) is 4.63. The topological polar surface area (TPSA) is 21.3 Å². The van der Waals surface area contributed by atoms with Crippen LogP contribution < -0.4 is 10.1 Å². The Bertz CT molecular complexity index is 256. The molecule has 0 saturated carbocycles. The summed E-state index contributed by atoms with van der Waals surface area (Å²) in [5.74, 6) is 0.922. The van der Waals surface area contributed by atoms with Gasteiger partial charge in [-0.15, -0.1) is 0 Å². The van der Waals surface area contributed by atoms with Crippen LogP contribution in [0.3, 0.4) is 0 Å². The Kier molecular flexibility index (Phi) is 3.77. The highest BCUT2D eigenvalue weighted by Gasteiger charge is 2.06. The molecule has 0 unspecified atom stereocenters. The van der Waals surface area contributed by atoms with Gasteiger partial charge in [-0.1, -0.05) is 19.1 Å². The van der Waals surface area contributed by atoms with E-state index in [2.05, 4.69) is 24.4 Å². The molecule has 1 rings (SSSR count). The van der Waals surface area contributed by atoms with E-state index in [1.165, 1.54) is 5.56 Å². The SMILES string of the molecule is CC[C@H](NC)c1cccc(OC)c1. The third kappa shape index (κ3) is 2.46. The average molecular weight is 179 g/mol. The van der Waals surface area contributed by atoms with Gasteiger partial charge in [0.1, 0.15) is 5.75 Å². The molecule has 0 spiro atoms. The molecule has 72 valence electrons. The molecule has 2 nitrogen and oxygen atoms in total. The Balaban J connectivity index is 2.86. The van der Waals surface area contributed by atoms with Crippen LogP contribution in [0.5, 0.6) is 5.75 Å². The highest BCUT2D eigenvalue weighted by molar-refractivity contribution is 5.30. The van der Waals surface area contributed by atoms with Crippen LogP contribution in [0.2, 0.25) is 0 Å². The zero-order chi connectivity index (χ0) is 9.68.